The summed E-state index contributed by atoms with van der Waals surface area (Å²) in [5.41, 5.74) is 1.39. The molecule has 1 atom stereocenters. The lowest BCUT2D eigenvalue weighted by atomic mass is 10.0. The van der Waals surface area contributed by atoms with E-state index in [1.54, 1.807) is 0 Å². The number of rotatable bonds is 4. The fourth-order valence-electron chi connectivity index (χ4n) is 1.32. The van der Waals surface area contributed by atoms with Crippen LogP contribution in [0.3, 0.4) is 0 Å². The molecule has 72 valence electrons. The normalized spacial score (nSPS) is 14.2. The van der Waals surface area contributed by atoms with Crippen molar-refractivity contribution in [2.45, 2.75) is 23.3 Å². The second-order valence-corrected chi connectivity index (χ2v) is 7.56. The molecular weight excluding hydrogens is 219 g/mol. The van der Waals surface area contributed by atoms with Crippen LogP contribution in [0.25, 0.3) is 0 Å². The molecule has 0 radical (unpaired) electrons. The molecule has 1 aromatic carbocycles. The van der Waals surface area contributed by atoms with Gasteiger partial charge in [0.2, 0.25) is 0 Å². The molecule has 3 heteroatoms. The van der Waals surface area contributed by atoms with Gasteiger partial charge in [0.15, 0.2) is 0 Å². The Hall–Kier alpha value is 0.0169. The lowest BCUT2D eigenvalue weighted by Gasteiger charge is -2.10. The molecule has 1 unspecified atom stereocenters. The van der Waals surface area contributed by atoms with Crippen LogP contribution in [-0.2, 0) is 0 Å². The standard InChI is InChI=1S/C10H14Cl2Si/c1-8(7-13-10(11)12)9-5-3-2-4-6-9/h2-6,8,10H,7,13H2,1H3. The maximum atomic E-state index is 5.74. The monoisotopic (exact) mass is 232 g/mol. The van der Waals surface area contributed by atoms with Crippen LogP contribution in [0.5, 0.6) is 0 Å². The molecule has 0 saturated carbocycles. The molecule has 1 rings (SSSR count). The van der Waals surface area contributed by atoms with Gasteiger partial charge in [0.25, 0.3) is 0 Å². The number of alkyl halides is 2. The maximum Gasteiger partial charge on any atom is 0.0908 e. The lowest BCUT2D eigenvalue weighted by molar-refractivity contribution is 0.858. The predicted octanol–water partition coefficient (Wildman–Crippen LogP) is 3.14. The van der Waals surface area contributed by atoms with E-state index in [9.17, 15) is 0 Å². The third-order valence-electron chi connectivity index (χ3n) is 2.19. The molecule has 0 spiro atoms. The van der Waals surface area contributed by atoms with Crippen molar-refractivity contribution in [2.75, 3.05) is 0 Å². The van der Waals surface area contributed by atoms with E-state index < -0.39 is 0 Å². The molecule has 0 fully saturated rings. The highest BCUT2D eigenvalue weighted by atomic mass is 35.5. The second-order valence-electron chi connectivity index (χ2n) is 3.28. The van der Waals surface area contributed by atoms with Crippen molar-refractivity contribution in [3.8, 4) is 0 Å². The number of hydrogen-bond acceptors (Lipinski definition) is 0. The molecule has 1 aromatic rings. The molecule has 0 saturated heterocycles. The van der Waals surface area contributed by atoms with E-state index in [-0.39, 0.29) is 14.0 Å². The summed E-state index contributed by atoms with van der Waals surface area (Å²) in [7, 11) is -0.314. The molecule has 13 heavy (non-hydrogen) atoms. The highest BCUT2D eigenvalue weighted by Gasteiger charge is 2.07. The van der Waals surface area contributed by atoms with E-state index >= 15 is 0 Å². The third-order valence-corrected chi connectivity index (χ3v) is 5.13. The summed E-state index contributed by atoms with van der Waals surface area (Å²) in [6.45, 7) is 2.23. The Morgan fingerprint density at radius 3 is 2.38 bits per heavy atom. The van der Waals surface area contributed by atoms with Gasteiger partial charge in [-0.05, 0) is 11.5 Å². The Balaban J connectivity index is 2.44. The summed E-state index contributed by atoms with van der Waals surface area (Å²) in [6.07, 6.45) is 0. The van der Waals surface area contributed by atoms with E-state index in [0.29, 0.717) is 5.92 Å². The Kier molecular flexibility index (Phi) is 4.85. The molecule has 0 heterocycles. The largest absolute Gasteiger partial charge is 0.110 e. The van der Waals surface area contributed by atoms with Crippen LogP contribution >= 0.6 is 23.2 Å². The first-order chi connectivity index (χ1) is 6.20. The van der Waals surface area contributed by atoms with Gasteiger partial charge in [-0.1, -0.05) is 43.3 Å². The van der Waals surface area contributed by atoms with Crippen molar-refractivity contribution in [1.82, 2.24) is 0 Å². The van der Waals surface area contributed by atoms with Crippen molar-refractivity contribution < 1.29 is 0 Å². The highest BCUT2D eigenvalue weighted by Crippen LogP contribution is 2.19. The summed E-state index contributed by atoms with van der Waals surface area (Å²) in [5.74, 6) is 0.605. The van der Waals surface area contributed by atoms with Crippen molar-refractivity contribution >= 4 is 32.7 Å². The molecule has 0 aromatic heterocycles. The van der Waals surface area contributed by atoms with E-state index in [1.807, 2.05) is 6.07 Å². The first-order valence-electron chi connectivity index (χ1n) is 4.53. The third kappa shape index (κ3) is 4.16. The van der Waals surface area contributed by atoms with Gasteiger partial charge in [-0.2, -0.15) is 0 Å². The van der Waals surface area contributed by atoms with Crippen LogP contribution in [0.4, 0.5) is 0 Å². The smallest absolute Gasteiger partial charge is 0.0908 e. The zero-order valence-corrected chi connectivity index (χ0v) is 10.6. The van der Waals surface area contributed by atoms with Gasteiger partial charge in [0.1, 0.15) is 0 Å². The number of benzene rings is 1. The van der Waals surface area contributed by atoms with Crippen molar-refractivity contribution in [2.24, 2.45) is 0 Å². The average Bonchev–Trinajstić information content (AvgIpc) is 2.15. The minimum atomic E-state index is -0.314. The van der Waals surface area contributed by atoms with Gasteiger partial charge >= 0.3 is 0 Å². The quantitative estimate of drug-likeness (QED) is 0.553. The van der Waals surface area contributed by atoms with Gasteiger partial charge in [-0.3, -0.25) is 0 Å². The second kappa shape index (κ2) is 5.69. The number of hydrogen-bond donors (Lipinski definition) is 0. The summed E-state index contributed by atoms with van der Waals surface area (Å²) in [5, 5.41) is 0. The first-order valence-corrected chi connectivity index (χ1v) is 7.22. The minimum Gasteiger partial charge on any atom is -0.110 e. The topological polar surface area (TPSA) is 0 Å². The molecule has 0 nitrogen and oxygen atoms in total. The van der Waals surface area contributed by atoms with Crippen molar-refractivity contribution in [1.29, 1.82) is 0 Å². The molecule has 0 aliphatic rings. The zero-order valence-electron chi connectivity index (χ0n) is 7.71. The van der Waals surface area contributed by atoms with E-state index in [1.165, 1.54) is 11.6 Å². The Morgan fingerprint density at radius 2 is 1.85 bits per heavy atom. The summed E-state index contributed by atoms with van der Waals surface area (Å²) in [4.78, 5) is 0. The predicted molar refractivity (Wildman–Crippen MR) is 63.7 cm³/mol. The van der Waals surface area contributed by atoms with Crippen molar-refractivity contribution in [3.63, 3.8) is 0 Å². The molecular formula is C10H14Cl2Si. The maximum absolute atomic E-state index is 5.74. The fraction of sp³-hybridized carbons (Fsp3) is 0.400. The molecule has 0 aliphatic heterocycles. The van der Waals surface area contributed by atoms with Gasteiger partial charge in [0.05, 0.1) is 14.0 Å². The van der Waals surface area contributed by atoms with Gasteiger partial charge in [-0.15, -0.1) is 23.2 Å². The van der Waals surface area contributed by atoms with Crippen LogP contribution in [0, 0.1) is 0 Å². The van der Waals surface area contributed by atoms with Crippen LogP contribution in [-0.4, -0.2) is 14.0 Å². The number of halogens is 2. The van der Waals surface area contributed by atoms with Crippen LogP contribution in [0.2, 0.25) is 6.04 Å². The Bertz CT molecular complexity index is 236. The lowest BCUT2D eigenvalue weighted by Crippen LogP contribution is -2.05. The van der Waals surface area contributed by atoms with E-state index in [4.69, 9.17) is 23.2 Å². The summed E-state index contributed by atoms with van der Waals surface area (Å²) >= 11 is 11.5. The minimum absolute atomic E-state index is 0.0915. The Labute approximate surface area is 92.1 Å². The first kappa shape index (κ1) is 11.1. The Morgan fingerprint density at radius 1 is 1.23 bits per heavy atom. The highest BCUT2D eigenvalue weighted by molar-refractivity contribution is 6.68. The van der Waals surface area contributed by atoms with E-state index in [2.05, 4.69) is 31.2 Å². The van der Waals surface area contributed by atoms with Crippen LogP contribution < -0.4 is 0 Å². The van der Waals surface area contributed by atoms with E-state index in [0.717, 1.165) is 0 Å². The molecule has 0 N–H and O–H groups in total. The zero-order chi connectivity index (χ0) is 9.68. The SMILES string of the molecule is CC(C[SiH2]C(Cl)Cl)c1ccccc1. The molecule has 0 aliphatic carbocycles. The van der Waals surface area contributed by atoms with Crippen LogP contribution in [0.15, 0.2) is 30.3 Å². The fourth-order valence-corrected chi connectivity index (χ4v) is 3.17. The van der Waals surface area contributed by atoms with Gasteiger partial charge in [0, 0.05) is 0 Å². The van der Waals surface area contributed by atoms with Crippen LogP contribution in [0.1, 0.15) is 18.4 Å². The van der Waals surface area contributed by atoms with Crippen molar-refractivity contribution in [3.05, 3.63) is 35.9 Å². The summed E-state index contributed by atoms with van der Waals surface area (Å²) in [6, 6.07) is 11.7. The average molecular weight is 233 g/mol. The van der Waals surface area contributed by atoms with Gasteiger partial charge in [-0.25, -0.2) is 0 Å². The molecule has 0 bridgehead atoms. The molecule has 0 amide bonds. The van der Waals surface area contributed by atoms with Gasteiger partial charge < -0.3 is 0 Å². The summed E-state index contributed by atoms with van der Waals surface area (Å²) < 4.78 is -0.0915.